The molecule has 0 saturated carbocycles. The molecule has 1 aromatic heterocycles. The molecule has 1 aromatic carbocycles. The monoisotopic (exact) mass is 275 g/mol. The van der Waals surface area contributed by atoms with Crippen molar-refractivity contribution in [1.29, 1.82) is 0 Å². The van der Waals surface area contributed by atoms with Crippen LogP contribution in [0.1, 0.15) is 11.6 Å². The highest BCUT2D eigenvalue weighted by atomic mass is 16.6. The summed E-state index contributed by atoms with van der Waals surface area (Å²) in [5.74, 6) is 1.65. The third-order valence-electron chi connectivity index (χ3n) is 3.89. The van der Waals surface area contributed by atoms with Gasteiger partial charge in [0.15, 0.2) is 11.5 Å². The number of rotatable bonds is 3. The maximum Gasteiger partial charge on any atom is 0.163 e. The van der Waals surface area contributed by atoms with Crippen LogP contribution >= 0.6 is 0 Å². The van der Waals surface area contributed by atoms with E-state index in [0.29, 0.717) is 19.8 Å². The van der Waals surface area contributed by atoms with Gasteiger partial charge in [0.2, 0.25) is 0 Å². The third kappa shape index (κ3) is 2.03. The molecular weight excluding hydrogens is 254 g/mol. The fourth-order valence-corrected chi connectivity index (χ4v) is 2.83. The molecule has 20 heavy (non-hydrogen) atoms. The van der Waals surface area contributed by atoms with E-state index < -0.39 is 0 Å². The van der Waals surface area contributed by atoms with Gasteiger partial charge >= 0.3 is 0 Å². The molecule has 1 aliphatic rings. The zero-order chi connectivity index (χ0) is 14.3. The van der Waals surface area contributed by atoms with Crippen LogP contribution in [0.4, 0.5) is 0 Å². The molecule has 5 heteroatoms. The van der Waals surface area contributed by atoms with Gasteiger partial charge in [-0.2, -0.15) is 0 Å². The van der Waals surface area contributed by atoms with Crippen LogP contribution in [-0.4, -0.2) is 43.3 Å². The second kappa shape index (κ2) is 5.00. The van der Waals surface area contributed by atoms with Gasteiger partial charge < -0.3 is 24.7 Å². The normalized spacial score (nSPS) is 15.8. The van der Waals surface area contributed by atoms with Crippen molar-refractivity contribution in [3.8, 4) is 11.5 Å². The van der Waals surface area contributed by atoms with Crippen molar-refractivity contribution in [2.45, 2.75) is 6.04 Å². The zero-order valence-electron chi connectivity index (χ0n) is 12.2. The van der Waals surface area contributed by atoms with Crippen LogP contribution in [-0.2, 0) is 7.05 Å². The van der Waals surface area contributed by atoms with Crippen LogP contribution < -0.4 is 15.2 Å². The Kier molecular flexibility index (Phi) is 3.31. The minimum absolute atomic E-state index is 0.196. The molecule has 0 spiro atoms. The highest BCUT2D eigenvalue weighted by molar-refractivity contribution is 5.88. The summed E-state index contributed by atoms with van der Waals surface area (Å²) in [5.41, 5.74) is 8.31. The zero-order valence-corrected chi connectivity index (χ0v) is 12.2. The second-order valence-electron chi connectivity index (χ2n) is 5.42. The van der Waals surface area contributed by atoms with Crippen LogP contribution in [0.3, 0.4) is 0 Å². The van der Waals surface area contributed by atoms with E-state index in [1.54, 1.807) is 0 Å². The van der Waals surface area contributed by atoms with Crippen LogP contribution in [0.2, 0.25) is 0 Å². The maximum absolute atomic E-state index is 5.94. The fraction of sp³-hybridized carbons (Fsp3) is 0.467. The summed E-state index contributed by atoms with van der Waals surface area (Å²) < 4.78 is 13.5. The van der Waals surface area contributed by atoms with Crippen molar-refractivity contribution in [3.63, 3.8) is 0 Å². The number of aryl methyl sites for hydroxylation is 1. The van der Waals surface area contributed by atoms with Crippen molar-refractivity contribution in [2.75, 3.05) is 33.9 Å². The number of nitrogens with zero attached hydrogens (tertiary/aromatic N) is 2. The summed E-state index contributed by atoms with van der Waals surface area (Å²) in [7, 11) is 6.15. The molecule has 2 N–H and O–H groups in total. The number of ether oxygens (including phenoxy) is 2. The summed E-state index contributed by atoms with van der Waals surface area (Å²) in [5, 5.41) is 1.18. The molecule has 1 atom stereocenters. The van der Waals surface area contributed by atoms with E-state index in [1.165, 1.54) is 10.9 Å². The number of nitrogens with two attached hydrogens (primary N) is 1. The first-order valence-corrected chi connectivity index (χ1v) is 6.87. The first kappa shape index (κ1) is 13.3. The van der Waals surface area contributed by atoms with Crippen molar-refractivity contribution in [3.05, 3.63) is 23.9 Å². The average Bonchev–Trinajstić information content (AvgIpc) is 2.74. The van der Waals surface area contributed by atoms with Crippen LogP contribution in [0, 0.1) is 0 Å². The summed E-state index contributed by atoms with van der Waals surface area (Å²) in [6.07, 6.45) is 2.15. The number of likely N-dealkylation sites (N-methyl/N-ethyl adjacent to an activating group) is 1. The maximum atomic E-state index is 5.94. The summed E-state index contributed by atoms with van der Waals surface area (Å²) in [4.78, 5) is 2.14. The summed E-state index contributed by atoms with van der Waals surface area (Å²) >= 11 is 0. The number of benzene rings is 1. The molecule has 108 valence electrons. The fourth-order valence-electron chi connectivity index (χ4n) is 2.83. The minimum atomic E-state index is 0.196. The highest BCUT2D eigenvalue weighted by Gasteiger charge is 2.21. The van der Waals surface area contributed by atoms with E-state index in [-0.39, 0.29) is 6.04 Å². The van der Waals surface area contributed by atoms with Crippen LogP contribution in [0.5, 0.6) is 11.5 Å². The lowest BCUT2D eigenvalue weighted by Gasteiger charge is -2.23. The van der Waals surface area contributed by atoms with Gasteiger partial charge in [0, 0.05) is 37.3 Å². The van der Waals surface area contributed by atoms with E-state index in [9.17, 15) is 0 Å². The van der Waals surface area contributed by atoms with Gasteiger partial charge in [0.25, 0.3) is 0 Å². The number of hydrogen-bond acceptors (Lipinski definition) is 4. The lowest BCUT2D eigenvalue weighted by Crippen LogP contribution is -2.27. The van der Waals surface area contributed by atoms with Gasteiger partial charge in [-0.05, 0) is 25.7 Å². The molecule has 3 rings (SSSR count). The molecule has 0 aliphatic carbocycles. The SMILES string of the molecule is CN(C)C(CN)c1cn(C)c2cc3c(cc12)OCCO3. The Bertz CT molecular complexity index is 634. The van der Waals surface area contributed by atoms with Gasteiger partial charge in [-0.1, -0.05) is 0 Å². The van der Waals surface area contributed by atoms with Crippen molar-refractivity contribution in [1.82, 2.24) is 9.47 Å². The van der Waals surface area contributed by atoms with E-state index in [2.05, 4.69) is 27.8 Å². The third-order valence-corrected chi connectivity index (χ3v) is 3.89. The van der Waals surface area contributed by atoms with Crippen LogP contribution in [0.25, 0.3) is 10.9 Å². The largest absolute Gasteiger partial charge is 0.486 e. The van der Waals surface area contributed by atoms with E-state index in [4.69, 9.17) is 15.2 Å². The van der Waals surface area contributed by atoms with Crippen LogP contribution in [0.15, 0.2) is 18.3 Å². The Morgan fingerprint density at radius 3 is 2.50 bits per heavy atom. The molecule has 2 heterocycles. The first-order chi connectivity index (χ1) is 9.61. The van der Waals surface area contributed by atoms with Crippen molar-refractivity contribution in [2.24, 2.45) is 12.8 Å². The molecular formula is C15H21N3O2. The van der Waals surface area contributed by atoms with Crippen molar-refractivity contribution < 1.29 is 9.47 Å². The van der Waals surface area contributed by atoms with Crippen molar-refractivity contribution >= 4 is 10.9 Å². The number of fused-ring (bicyclic) bond motifs is 2. The molecule has 0 fully saturated rings. The Labute approximate surface area is 118 Å². The van der Waals surface area contributed by atoms with Gasteiger partial charge in [-0.25, -0.2) is 0 Å². The van der Waals surface area contributed by atoms with E-state index in [1.807, 2.05) is 21.1 Å². The van der Waals surface area contributed by atoms with E-state index in [0.717, 1.165) is 17.0 Å². The van der Waals surface area contributed by atoms with E-state index >= 15 is 0 Å². The summed E-state index contributed by atoms with van der Waals surface area (Å²) in [6, 6.07) is 4.32. The highest BCUT2D eigenvalue weighted by Crippen LogP contribution is 2.38. The lowest BCUT2D eigenvalue weighted by molar-refractivity contribution is 0.172. The molecule has 0 amide bonds. The smallest absolute Gasteiger partial charge is 0.163 e. The topological polar surface area (TPSA) is 52.7 Å². The minimum Gasteiger partial charge on any atom is -0.486 e. The standard InChI is InChI=1S/C15H21N3O2/c1-17(2)13(8-16)11-9-18(3)12-7-15-14(6-10(11)12)19-4-5-20-15/h6-7,9,13H,4-5,8,16H2,1-3H3. The molecule has 1 unspecified atom stereocenters. The first-order valence-electron chi connectivity index (χ1n) is 6.87. The quantitative estimate of drug-likeness (QED) is 0.922. The molecule has 0 radical (unpaired) electrons. The molecule has 0 bridgehead atoms. The van der Waals surface area contributed by atoms with Gasteiger partial charge in [0.05, 0.1) is 5.52 Å². The van der Waals surface area contributed by atoms with Gasteiger partial charge in [-0.3, -0.25) is 0 Å². The predicted octanol–water partition coefficient (Wildman–Crippen LogP) is 1.51. The number of aromatic nitrogens is 1. The molecule has 5 nitrogen and oxygen atoms in total. The van der Waals surface area contributed by atoms with Gasteiger partial charge in [-0.15, -0.1) is 0 Å². The number of hydrogen-bond donors (Lipinski definition) is 1. The molecule has 2 aromatic rings. The molecule has 0 saturated heterocycles. The Balaban J connectivity index is 2.19. The Morgan fingerprint density at radius 1 is 1.25 bits per heavy atom. The Hall–Kier alpha value is -1.72. The predicted molar refractivity (Wildman–Crippen MR) is 79.4 cm³/mol. The molecule has 1 aliphatic heterocycles. The summed E-state index contributed by atoms with van der Waals surface area (Å²) in [6.45, 7) is 1.80. The Morgan fingerprint density at radius 2 is 1.90 bits per heavy atom. The van der Waals surface area contributed by atoms with Gasteiger partial charge in [0.1, 0.15) is 13.2 Å². The average molecular weight is 275 g/mol. The second-order valence-corrected chi connectivity index (χ2v) is 5.42. The lowest BCUT2D eigenvalue weighted by atomic mass is 10.0.